The largest absolute Gasteiger partial charge is 0.375 e. The highest BCUT2D eigenvalue weighted by atomic mass is 16.2. The summed E-state index contributed by atoms with van der Waals surface area (Å²) in [5, 5.41) is 0. The first kappa shape index (κ1) is 18.2. The Balaban J connectivity index is 1.62. The van der Waals surface area contributed by atoms with Crippen molar-refractivity contribution in [3.63, 3.8) is 0 Å². The molecule has 0 spiro atoms. The fraction of sp³-hybridized carbons (Fsp3) is 0.667. The summed E-state index contributed by atoms with van der Waals surface area (Å²) in [6.45, 7) is 8.77. The van der Waals surface area contributed by atoms with E-state index < -0.39 is 0 Å². The third-order valence-electron chi connectivity index (χ3n) is 5.87. The fourth-order valence-electron chi connectivity index (χ4n) is 4.21. The molecule has 2 atom stereocenters. The van der Waals surface area contributed by atoms with Crippen molar-refractivity contribution in [2.75, 3.05) is 38.1 Å². The van der Waals surface area contributed by atoms with Crippen molar-refractivity contribution in [3.8, 4) is 0 Å². The van der Waals surface area contributed by atoms with Gasteiger partial charge >= 0.3 is 0 Å². The van der Waals surface area contributed by atoms with E-state index in [2.05, 4.69) is 47.7 Å². The Labute approximate surface area is 152 Å². The number of hydrogen-bond acceptors (Lipinski definition) is 3. The van der Waals surface area contributed by atoms with Gasteiger partial charge in [-0.1, -0.05) is 13.3 Å². The Morgan fingerprint density at radius 1 is 1.20 bits per heavy atom. The molecule has 138 valence electrons. The third-order valence-corrected chi connectivity index (χ3v) is 5.87. The highest BCUT2D eigenvalue weighted by Gasteiger charge is 2.36. The molecule has 0 saturated carbocycles. The van der Waals surface area contributed by atoms with E-state index >= 15 is 0 Å². The molecule has 1 amide bonds. The van der Waals surface area contributed by atoms with Gasteiger partial charge in [-0.15, -0.1) is 0 Å². The number of benzene rings is 1. The highest BCUT2D eigenvalue weighted by molar-refractivity contribution is 5.95. The maximum Gasteiger partial charge on any atom is 0.254 e. The summed E-state index contributed by atoms with van der Waals surface area (Å²) >= 11 is 0. The lowest BCUT2D eigenvalue weighted by atomic mass is 10.1. The van der Waals surface area contributed by atoms with Crippen LogP contribution in [0.25, 0.3) is 0 Å². The Morgan fingerprint density at radius 3 is 2.52 bits per heavy atom. The summed E-state index contributed by atoms with van der Waals surface area (Å²) in [5.41, 5.74) is 2.01. The lowest BCUT2D eigenvalue weighted by Crippen LogP contribution is -2.38. The van der Waals surface area contributed by atoms with Crippen LogP contribution >= 0.6 is 0 Å². The van der Waals surface area contributed by atoms with Gasteiger partial charge in [-0.2, -0.15) is 0 Å². The summed E-state index contributed by atoms with van der Waals surface area (Å²) in [6, 6.07) is 9.06. The number of hydrogen-bond donors (Lipinski definition) is 0. The van der Waals surface area contributed by atoms with Crippen LogP contribution in [0, 0.1) is 0 Å². The number of amides is 1. The van der Waals surface area contributed by atoms with E-state index in [1.807, 2.05) is 12.1 Å². The number of carbonyl (C=O) groups excluding carboxylic acids is 1. The molecule has 4 heteroatoms. The number of carbonyl (C=O) groups is 1. The molecule has 2 heterocycles. The van der Waals surface area contributed by atoms with Crippen LogP contribution in [0.2, 0.25) is 0 Å². The zero-order valence-corrected chi connectivity index (χ0v) is 16.1. The SMILES string of the molecule is CCCCN(C)c1ccc(C(=O)N2CC(N3CCCC3)CC2C)cc1. The molecule has 2 aliphatic rings. The van der Waals surface area contributed by atoms with Gasteiger partial charge in [0.15, 0.2) is 0 Å². The lowest BCUT2D eigenvalue weighted by Gasteiger charge is -2.24. The van der Waals surface area contributed by atoms with Gasteiger partial charge < -0.3 is 9.80 Å². The molecule has 2 fully saturated rings. The van der Waals surface area contributed by atoms with Crippen LogP contribution in [0.3, 0.4) is 0 Å². The van der Waals surface area contributed by atoms with Crippen LogP contribution in [-0.4, -0.2) is 61.0 Å². The maximum absolute atomic E-state index is 13.0. The van der Waals surface area contributed by atoms with Crippen LogP contribution in [-0.2, 0) is 0 Å². The van der Waals surface area contributed by atoms with E-state index in [0.29, 0.717) is 12.1 Å². The maximum atomic E-state index is 13.0. The normalized spacial score (nSPS) is 24.0. The molecule has 3 rings (SSSR count). The molecule has 0 N–H and O–H groups in total. The van der Waals surface area contributed by atoms with Gasteiger partial charge in [-0.25, -0.2) is 0 Å². The second-order valence-corrected chi connectivity index (χ2v) is 7.76. The van der Waals surface area contributed by atoms with E-state index in [9.17, 15) is 4.79 Å². The first-order valence-electron chi connectivity index (χ1n) is 9.96. The van der Waals surface area contributed by atoms with Gasteiger partial charge in [0.1, 0.15) is 0 Å². The molecule has 0 aromatic heterocycles. The Morgan fingerprint density at radius 2 is 1.88 bits per heavy atom. The zero-order chi connectivity index (χ0) is 17.8. The van der Waals surface area contributed by atoms with Crippen molar-refractivity contribution in [3.05, 3.63) is 29.8 Å². The molecule has 2 unspecified atom stereocenters. The molecular formula is C21H33N3O. The standard InChI is InChI=1S/C21H33N3O/c1-4-5-12-22(3)19-10-8-18(9-11-19)21(25)24-16-20(15-17(24)2)23-13-6-7-14-23/h8-11,17,20H,4-7,12-16H2,1-3H3. The van der Waals surface area contributed by atoms with Crippen LogP contribution < -0.4 is 4.90 Å². The Bertz CT molecular complexity index is 565. The molecule has 0 bridgehead atoms. The molecular weight excluding hydrogens is 310 g/mol. The average Bonchev–Trinajstić information content (AvgIpc) is 3.28. The molecule has 0 aliphatic carbocycles. The minimum absolute atomic E-state index is 0.192. The fourth-order valence-corrected chi connectivity index (χ4v) is 4.21. The summed E-state index contributed by atoms with van der Waals surface area (Å²) < 4.78 is 0. The predicted octanol–water partition coefficient (Wildman–Crippen LogP) is 3.62. The summed E-state index contributed by atoms with van der Waals surface area (Å²) in [4.78, 5) is 19.9. The molecule has 2 aliphatic heterocycles. The van der Waals surface area contributed by atoms with Crippen molar-refractivity contribution >= 4 is 11.6 Å². The van der Waals surface area contributed by atoms with Gasteiger partial charge in [0.2, 0.25) is 0 Å². The van der Waals surface area contributed by atoms with Crippen LogP contribution in [0.4, 0.5) is 5.69 Å². The highest BCUT2D eigenvalue weighted by Crippen LogP contribution is 2.27. The van der Waals surface area contributed by atoms with Crippen molar-refractivity contribution in [1.29, 1.82) is 0 Å². The molecule has 25 heavy (non-hydrogen) atoms. The summed E-state index contributed by atoms with van der Waals surface area (Å²) in [7, 11) is 2.12. The van der Waals surface area contributed by atoms with Crippen molar-refractivity contribution in [2.24, 2.45) is 0 Å². The van der Waals surface area contributed by atoms with Crippen LogP contribution in [0.15, 0.2) is 24.3 Å². The summed E-state index contributed by atoms with van der Waals surface area (Å²) in [5.74, 6) is 0.192. The van der Waals surface area contributed by atoms with Crippen molar-refractivity contribution in [2.45, 2.75) is 58.0 Å². The van der Waals surface area contributed by atoms with Gasteiger partial charge in [-0.05, 0) is 70.0 Å². The van der Waals surface area contributed by atoms with E-state index in [0.717, 1.165) is 25.1 Å². The number of nitrogens with zero attached hydrogens (tertiary/aromatic N) is 3. The summed E-state index contributed by atoms with van der Waals surface area (Å²) in [6.07, 6.45) is 6.13. The Kier molecular flexibility index (Phi) is 6.00. The smallest absolute Gasteiger partial charge is 0.254 e. The molecule has 1 aromatic carbocycles. The quantitative estimate of drug-likeness (QED) is 0.789. The van der Waals surface area contributed by atoms with Gasteiger partial charge in [0.05, 0.1) is 0 Å². The first-order chi connectivity index (χ1) is 12.1. The van der Waals surface area contributed by atoms with E-state index in [1.54, 1.807) is 0 Å². The topological polar surface area (TPSA) is 26.8 Å². The number of rotatable bonds is 6. The molecule has 2 saturated heterocycles. The second-order valence-electron chi connectivity index (χ2n) is 7.76. The minimum Gasteiger partial charge on any atom is -0.375 e. The lowest BCUT2D eigenvalue weighted by molar-refractivity contribution is 0.0737. The average molecular weight is 344 g/mol. The molecule has 4 nitrogen and oxygen atoms in total. The van der Waals surface area contributed by atoms with E-state index in [1.165, 1.54) is 44.5 Å². The molecule has 1 aromatic rings. The van der Waals surface area contributed by atoms with Gasteiger partial charge in [0, 0.05) is 43.5 Å². The second kappa shape index (κ2) is 8.22. The van der Waals surface area contributed by atoms with E-state index in [-0.39, 0.29) is 5.91 Å². The predicted molar refractivity (Wildman–Crippen MR) is 104 cm³/mol. The number of unbranched alkanes of at least 4 members (excludes halogenated alkanes) is 1. The van der Waals surface area contributed by atoms with E-state index in [4.69, 9.17) is 0 Å². The van der Waals surface area contributed by atoms with Crippen LogP contribution in [0.1, 0.15) is 56.3 Å². The zero-order valence-electron chi connectivity index (χ0n) is 16.1. The third kappa shape index (κ3) is 4.17. The number of likely N-dealkylation sites (tertiary alicyclic amines) is 2. The van der Waals surface area contributed by atoms with Crippen molar-refractivity contribution in [1.82, 2.24) is 9.80 Å². The van der Waals surface area contributed by atoms with Crippen molar-refractivity contribution < 1.29 is 4.79 Å². The van der Waals surface area contributed by atoms with Gasteiger partial charge in [0.25, 0.3) is 5.91 Å². The van der Waals surface area contributed by atoms with Gasteiger partial charge in [-0.3, -0.25) is 9.69 Å². The first-order valence-corrected chi connectivity index (χ1v) is 9.96. The molecule has 0 radical (unpaired) electrons. The number of anilines is 1. The van der Waals surface area contributed by atoms with Crippen LogP contribution in [0.5, 0.6) is 0 Å². The monoisotopic (exact) mass is 343 g/mol. The minimum atomic E-state index is 0.192. The Hall–Kier alpha value is -1.55.